The SMILES string of the molecule is Fc1ccc(-c2ccc(OCCCCCCCCCOc3ccc(-c4ccc(OC(F)(F)F)c(F)c4)cc3)cc2P)cc1. The maximum absolute atomic E-state index is 14.0. The summed E-state index contributed by atoms with van der Waals surface area (Å²) in [6, 6.07) is 22.7. The molecule has 1 unspecified atom stereocenters. The average molecular weight is 617 g/mol. The Bertz CT molecular complexity index is 1440. The van der Waals surface area contributed by atoms with Crippen molar-refractivity contribution in [3.05, 3.63) is 96.6 Å². The normalized spacial score (nSPS) is 11.4. The van der Waals surface area contributed by atoms with Gasteiger partial charge in [-0.2, -0.15) is 0 Å². The van der Waals surface area contributed by atoms with Crippen molar-refractivity contribution in [2.45, 2.75) is 51.3 Å². The van der Waals surface area contributed by atoms with Gasteiger partial charge in [-0.15, -0.1) is 22.4 Å². The standard InChI is InChI=1S/C34H34F5O3P/c35-27-13-8-25(9-14-27)30-18-17-29(23-33(30)43)41-21-7-5-3-1-2-4-6-20-40-28-15-10-24(11-16-28)26-12-19-32(31(36)22-26)42-34(37,38)39/h8-19,22-23H,1-7,20-21,43H2. The van der Waals surface area contributed by atoms with Crippen molar-refractivity contribution in [1.82, 2.24) is 0 Å². The second-order valence-electron chi connectivity index (χ2n) is 10.1. The number of alkyl halides is 3. The van der Waals surface area contributed by atoms with Crippen LogP contribution in [0, 0.1) is 11.6 Å². The molecule has 4 aromatic rings. The molecule has 0 heterocycles. The van der Waals surface area contributed by atoms with Crippen LogP contribution in [0.5, 0.6) is 17.2 Å². The molecular formula is C34H34F5O3P. The quantitative estimate of drug-likeness (QED) is 0.0756. The molecule has 0 aliphatic carbocycles. The van der Waals surface area contributed by atoms with Crippen LogP contribution < -0.4 is 19.5 Å². The highest BCUT2D eigenvalue weighted by molar-refractivity contribution is 7.28. The molecule has 43 heavy (non-hydrogen) atoms. The van der Waals surface area contributed by atoms with E-state index < -0.39 is 17.9 Å². The molecule has 4 aromatic carbocycles. The van der Waals surface area contributed by atoms with Crippen LogP contribution >= 0.6 is 9.24 Å². The lowest BCUT2D eigenvalue weighted by atomic mass is 10.1. The first-order chi connectivity index (χ1) is 20.7. The van der Waals surface area contributed by atoms with E-state index in [1.807, 2.05) is 18.2 Å². The lowest BCUT2D eigenvalue weighted by molar-refractivity contribution is -0.275. The van der Waals surface area contributed by atoms with Gasteiger partial charge in [-0.1, -0.05) is 68.5 Å². The van der Waals surface area contributed by atoms with Gasteiger partial charge < -0.3 is 14.2 Å². The van der Waals surface area contributed by atoms with Crippen LogP contribution in [0.25, 0.3) is 22.3 Å². The number of rotatable bonds is 15. The van der Waals surface area contributed by atoms with Crippen molar-refractivity contribution < 1.29 is 36.2 Å². The molecule has 0 radical (unpaired) electrons. The Kier molecular flexibility index (Phi) is 11.8. The molecule has 0 saturated carbocycles. The Morgan fingerprint density at radius 3 is 1.67 bits per heavy atom. The molecule has 3 nitrogen and oxygen atoms in total. The van der Waals surface area contributed by atoms with E-state index in [0.717, 1.165) is 79.3 Å². The summed E-state index contributed by atoms with van der Waals surface area (Å²) in [7, 11) is 2.72. The fraction of sp³-hybridized carbons (Fsp3) is 0.294. The molecule has 0 spiro atoms. The Labute approximate surface area is 251 Å². The number of benzene rings is 4. The lowest BCUT2D eigenvalue weighted by Gasteiger charge is -2.11. The molecule has 0 aliphatic rings. The second-order valence-corrected chi connectivity index (χ2v) is 10.8. The second kappa shape index (κ2) is 15.7. The number of ether oxygens (including phenoxy) is 3. The Morgan fingerprint density at radius 2 is 1.09 bits per heavy atom. The third-order valence-corrected chi connectivity index (χ3v) is 7.33. The minimum atomic E-state index is -4.94. The van der Waals surface area contributed by atoms with E-state index in [4.69, 9.17) is 9.47 Å². The number of hydrogen-bond donors (Lipinski definition) is 0. The highest BCUT2D eigenvalue weighted by Gasteiger charge is 2.32. The van der Waals surface area contributed by atoms with E-state index in [9.17, 15) is 22.0 Å². The lowest BCUT2D eigenvalue weighted by Crippen LogP contribution is -2.17. The van der Waals surface area contributed by atoms with Crippen LogP contribution in [0.1, 0.15) is 44.9 Å². The minimum absolute atomic E-state index is 0.249. The van der Waals surface area contributed by atoms with Crippen LogP contribution in [0.15, 0.2) is 84.9 Å². The molecule has 0 saturated heterocycles. The van der Waals surface area contributed by atoms with Gasteiger partial charge in [-0.3, -0.25) is 0 Å². The van der Waals surface area contributed by atoms with Gasteiger partial charge >= 0.3 is 6.36 Å². The Balaban J connectivity index is 1.05. The van der Waals surface area contributed by atoms with Crippen molar-refractivity contribution in [2.75, 3.05) is 13.2 Å². The van der Waals surface area contributed by atoms with Crippen LogP contribution in [0.3, 0.4) is 0 Å². The zero-order valence-electron chi connectivity index (χ0n) is 23.6. The van der Waals surface area contributed by atoms with Crippen molar-refractivity contribution in [1.29, 1.82) is 0 Å². The highest BCUT2D eigenvalue weighted by Crippen LogP contribution is 2.30. The average Bonchev–Trinajstić information content (AvgIpc) is 2.97. The molecule has 0 aliphatic heterocycles. The van der Waals surface area contributed by atoms with E-state index in [1.54, 1.807) is 36.4 Å². The van der Waals surface area contributed by atoms with E-state index in [0.29, 0.717) is 30.1 Å². The maximum Gasteiger partial charge on any atom is 0.573 e. The fourth-order valence-corrected chi connectivity index (χ4v) is 5.05. The first-order valence-electron chi connectivity index (χ1n) is 14.2. The number of unbranched alkanes of at least 4 members (excludes halogenated alkanes) is 6. The van der Waals surface area contributed by atoms with Gasteiger partial charge in [0.2, 0.25) is 0 Å². The van der Waals surface area contributed by atoms with Crippen LogP contribution in [0.2, 0.25) is 0 Å². The summed E-state index contributed by atoms with van der Waals surface area (Å²) in [5.74, 6) is -0.680. The molecule has 9 heteroatoms. The number of halogens is 5. The van der Waals surface area contributed by atoms with Gasteiger partial charge in [-0.05, 0) is 88.9 Å². The first-order valence-corrected chi connectivity index (χ1v) is 14.8. The topological polar surface area (TPSA) is 27.7 Å². The zero-order valence-corrected chi connectivity index (χ0v) is 24.8. The molecular weight excluding hydrogens is 582 g/mol. The van der Waals surface area contributed by atoms with Gasteiger partial charge in [0.25, 0.3) is 0 Å². The summed E-state index contributed by atoms with van der Waals surface area (Å²) in [6.07, 6.45) is 2.58. The van der Waals surface area contributed by atoms with Crippen molar-refractivity contribution >= 4 is 14.5 Å². The van der Waals surface area contributed by atoms with Gasteiger partial charge in [0.1, 0.15) is 17.3 Å². The molecule has 0 amide bonds. The third-order valence-electron chi connectivity index (χ3n) is 6.85. The highest BCUT2D eigenvalue weighted by atomic mass is 31.0. The van der Waals surface area contributed by atoms with E-state index in [2.05, 4.69) is 14.0 Å². The molecule has 0 bridgehead atoms. The maximum atomic E-state index is 14.0. The van der Waals surface area contributed by atoms with E-state index in [1.165, 1.54) is 18.2 Å². The molecule has 0 aromatic heterocycles. The molecule has 0 fully saturated rings. The first kappa shape index (κ1) is 32.3. The van der Waals surface area contributed by atoms with E-state index in [-0.39, 0.29) is 5.82 Å². The third kappa shape index (κ3) is 10.5. The van der Waals surface area contributed by atoms with Crippen LogP contribution in [-0.4, -0.2) is 19.6 Å². The zero-order chi connectivity index (χ0) is 30.7. The molecule has 1 atom stereocenters. The summed E-state index contributed by atoms with van der Waals surface area (Å²) in [4.78, 5) is 0. The van der Waals surface area contributed by atoms with Crippen molar-refractivity contribution in [2.24, 2.45) is 0 Å². The van der Waals surface area contributed by atoms with Gasteiger partial charge in [0, 0.05) is 0 Å². The van der Waals surface area contributed by atoms with Crippen molar-refractivity contribution in [3.63, 3.8) is 0 Å². The smallest absolute Gasteiger partial charge is 0.494 e. The molecule has 4 rings (SSSR count). The van der Waals surface area contributed by atoms with Gasteiger partial charge in [-0.25, -0.2) is 8.78 Å². The van der Waals surface area contributed by atoms with E-state index >= 15 is 0 Å². The van der Waals surface area contributed by atoms with Crippen LogP contribution in [0.4, 0.5) is 22.0 Å². The summed E-state index contributed by atoms with van der Waals surface area (Å²) in [5, 5.41) is 1.01. The Morgan fingerprint density at radius 1 is 0.558 bits per heavy atom. The summed E-state index contributed by atoms with van der Waals surface area (Å²) in [5.41, 5.74) is 3.09. The molecule has 0 N–H and O–H groups in total. The predicted octanol–water partition coefficient (Wildman–Crippen LogP) is 9.89. The minimum Gasteiger partial charge on any atom is -0.494 e. The van der Waals surface area contributed by atoms with Gasteiger partial charge in [0.15, 0.2) is 11.6 Å². The summed E-state index contributed by atoms with van der Waals surface area (Å²) < 4.78 is 79.5. The fourth-order valence-electron chi connectivity index (χ4n) is 4.62. The summed E-state index contributed by atoms with van der Waals surface area (Å²) in [6.45, 7) is 1.25. The van der Waals surface area contributed by atoms with Crippen LogP contribution in [-0.2, 0) is 0 Å². The molecule has 228 valence electrons. The summed E-state index contributed by atoms with van der Waals surface area (Å²) >= 11 is 0. The van der Waals surface area contributed by atoms with Crippen molar-refractivity contribution in [3.8, 4) is 39.5 Å². The predicted molar refractivity (Wildman–Crippen MR) is 163 cm³/mol. The van der Waals surface area contributed by atoms with Gasteiger partial charge in [0.05, 0.1) is 13.2 Å². The Hall–Kier alpha value is -3.64. The monoisotopic (exact) mass is 616 g/mol. The number of hydrogen-bond acceptors (Lipinski definition) is 3. The largest absolute Gasteiger partial charge is 0.573 e.